The van der Waals surface area contributed by atoms with E-state index in [2.05, 4.69) is 43.5 Å². The predicted molar refractivity (Wildman–Crippen MR) is 143 cm³/mol. The van der Waals surface area contributed by atoms with Crippen molar-refractivity contribution in [2.75, 3.05) is 82.0 Å². The summed E-state index contributed by atoms with van der Waals surface area (Å²) in [5, 5.41) is 5.92. The van der Waals surface area contributed by atoms with Crippen molar-refractivity contribution in [1.82, 2.24) is 24.7 Å². The molecule has 2 fully saturated rings. The first-order valence-electron chi connectivity index (χ1n) is 13.2. The van der Waals surface area contributed by atoms with Gasteiger partial charge in [-0.1, -0.05) is 6.92 Å². The number of nitrogens with one attached hydrogen (secondary N) is 2. The molecule has 0 aliphatic carbocycles. The minimum Gasteiger partial charge on any atom is -0.369 e. The van der Waals surface area contributed by atoms with Gasteiger partial charge in [-0.3, -0.25) is 0 Å². The van der Waals surface area contributed by atoms with Gasteiger partial charge in [0.2, 0.25) is 5.95 Å². The summed E-state index contributed by atoms with van der Waals surface area (Å²) >= 11 is 0. The second-order valence-corrected chi connectivity index (χ2v) is 9.89. The van der Waals surface area contributed by atoms with E-state index in [0.29, 0.717) is 13.0 Å². The Hall–Kier alpha value is -3.28. The van der Waals surface area contributed by atoms with Crippen LogP contribution in [0.25, 0.3) is 0 Å². The Morgan fingerprint density at radius 2 is 1.87 bits per heavy atom. The molecule has 0 spiro atoms. The maximum atomic E-state index is 13.6. The molecule has 0 bridgehead atoms. The van der Waals surface area contributed by atoms with Crippen LogP contribution in [0.1, 0.15) is 30.9 Å². The van der Waals surface area contributed by atoms with Gasteiger partial charge in [0.05, 0.1) is 0 Å². The third kappa shape index (κ3) is 6.77. The molecule has 2 N–H and O–H groups in total. The number of piperazine rings is 1. The van der Waals surface area contributed by atoms with Gasteiger partial charge in [0, 0.05) is 77.0 Å². The van der Waals surface area contributed by atoms with Crippen molar-refractivity contribution < 1.29 is 18.0 Å². The lowest BCUT2D eigenvalue weighted by atomic mass is 10.1. The molecule has 2 saturated heterocycles. The minimum absolute atomic E-state index is 0.0499. The van der Waals surface area contributed by atoms with Crippen LogP contribution in [0.3, 0.4) is 0 Å². The maximum Gasteiger partial charge on any atom is 0.421 e. The molecular formula is C26H37F3N8O. The van der Waals surface area contributed by atoms with E-state index in [9.17, 15) is 18.0 Å². The number of hydrogen-bond acceptors (Lipinski definition) is 7. The first-order valence-corrected chi connectivity index (χ1v) is 13.2. The third-order valence-electron chi connectivity index (χ3n) is 7.09. The Morgan fingerprint density at radius 1 is 1.13 bits per heavy atom. The Labute approximate surface area is 222 Å². The van der Waals surface area contributed by atoms with Gasteiger partial charge < -0.3 is 30.2 Å². The molecule has 4 rings (SSSR count). The maximum absolute atomic E-state index is 13.6. The van der Waals surface area contributed by atoms with Crippen LogP contribution in [0.2, 0.25) is 0 Å². The highest BCUT2D eigenvalue weighted by atomic mass is 19.4. The van der Waals surface area contributed by atoms with Gasteiger partial charge in [0.15, 0.2) is 0 Å². The Kier molecular flexibility index (Phi) is 8.80. The summed E-state index contributed by atoms with van der Waals surface area (Å²) in [6.07, 6.45) is -1.55. The number of benzene rings is 1. The summed E-state index contributed by atoms with van der Waals surface area (Å²) in [6.45, 7) is 8.12. The topological polar surface area (TPSA) is 79.9 Å². The molecule has 2 aliphatic heterocycles. The van der Waals surface area contributed by atoms with Gasteiger partial charge in [-0.05, 0) is 50.1 Å². The number of amides is 2. The summed E-state index contributed by atoms with van der Waals surface area (Å²) in [5.41, 5.74) is 2.01. The molecule has 9 nitrogen and oxygen atoms in total. The number of carbonyl (C=O) groups is 1. The number of likely N-dealkylation sites (N-methyl/N-ethyl adjacent to an activating group) is 1. The average molecular weight is 535 g/mol. The number of likely N-dealkylation sites (tertiary alicyclic amines) is 1. The first kappa shape index (κ1) is 27.7. The number of rotatable bonds is 9. The van der Waals surface area contributed by atoms with E-state index >= 15 is 0 Å². The van der Waals surface area contributed by atoms with Crippen LogP contribution in [0.5, 0.6) is 0 Å². The standard InChI is InChI=1S/C26H37F3N8O/c1-4-19-17-20(36-15-13-34(2)14-16-36)7-8-22(19)32-24-31-18-21(26(27,28)29)23(33-24)30-9-5-10-35(3)25(38)37-11-6-12-37/h7-8,17-18H,4-6,9-16H2,1-3H3,(H2,30,31,32,33). The first-order chi connectivity index (χ1) is 18.2. The molecule has 38 heavy (non-hydrogen) atoms. The molecule has 2 aliphatic rings. The lowest BCUT2D eigenvalue weighted by Crippen LogP contribution is -2.48. The molecule has 3 heterocycles. The van der Waals surface area contributed by atoms with Crippen LogP contribution in [0.15, 0.2) is 24.4 Å². The highest BCUT2D eigenvalue weighted by Crippen LogP contribution is 2.34. The molecular weight excluding hydrogens is 497 g/mol. The Balaban J connectivity index is 1.42. The van der Waals surface area contributed by atoms with Gasteiger partial charge in [0.25, 0.3) is 0 Å². The van der Waals surface area contributed by atoms with Gasteiger partial charge in [-0.15, -0.1) is 0 Å². The van der Waals surface area contributed by atoms with Crippen molar-refractivity contribution in [3.8, 4) is 0 Å². The highest BCUT2D eigenvalue weighted by molar-refractivity contribution is 5.74. The van der Waals surface area contributed by atoms with Crippen LogP contribution >= 0.6 is 0 Å². The van der Waals surface area contributed by atoms with Crippen LogP contribution in [-0.4, -0.2) is 97.2 Å². The SMILES string of the molecule is CCc1cc(N2CCN(C)CC2)ccc1Nc1ncc(C(F)(F)F)c(NCCCN(C)C(=O)N2CCC2)n1. The number of carbonyl (C=O) groups excluding carboxylic acids is 1. The number of halogens is 3. The van der Waals surface area contributed by atoms with Gasteiger partial charge in [-0.25, -0.2) is 9.78 Å². The second kappa shape index (κ2) is 12.1. The largest absolute Gasteiger partial charge is 0.421 e. The van der Waals surface area contributed by atoms with E-state index in [1.807, 2.05) is 19.1 Å². The molecule has 0 radical (unpaired) electrons. The zero-order valence-corrected chi connectivity index (χ0v) is 22.3. The van der Waals surface area contributed by atoms with Crippen molar-refractivity contribution in [2.24, 2.45) is 0 Å². The molecule has 1 aromatic heterocycles. The quantitative estimate of drug-likeness (QED) is 0.469. The van der Waals surface area contributed by atoms with Gasteiger partial charge in [-0.2, -0.15) is 18.2 Å². The summed E-state index contributed by atoms with van der Waals surface area (Å²) in [5.74, 6) is -0.188. The van der Waals surface area contributed by atoms with Gasteiger partial charge >= 0.3 is 12.2 Å². The lowest BCUT2D eigenvalue weighted by molar-refractivity contribution is -0.137. The average Bonchev–Trinajstić information content (AvgIpc) is 2.85. The molecule has 2 aromatic rings. The van der Waals surface area contributed by atoms with Crippen molar-refractivity contribution in [3.05, 3.63) is 35.5 Å². The molecule has 0 saturated carbocycles. The fourth-order valence-electron chi connectivity index (χ4n) is 4.53. The van der Waals surface area contributed by atoms with E-state index in [1.165, 1.54) is 0 Å². The fourth-order valence-corrected chi connectivity index (χ4v) is 4.53. The number of alkyl halides is 3. The number of aryl methyl sites for hydroxylation is 1. The number of aromatic nitrogens is 2. The molecule has 2 amide bonds. The summed E-state index contributed by atoms with van der Waals surface area (Å²) in [6, 6.07) is 6.03. The van der Waals surface area contributed by atoms with Crippen molar-refractivity contribution >= 4 is 29.2 Å². The number of urea groups is 1. The van der Waals surface area contributed by atoms with E-state index in [4.69, 9.17) is 0 Å². The second-order valence-electron chi connectivity index (χ2n) is 9.89. The van der Waals surface area contributed by atoms with Gasteiger partial charge in [0.1, 0.15) is 11.4 Å². The molecule has 12 heteroatoms. The van der Waals surface area contributed by atoms with E-state index < -0.39 is 11.7 Å². The predicted octanol–water partition coefficient (Wildman–Crippen LogP) is 4.11. The third-order valence-corrected chi connectivity index (χ3v) is 7.09. The monoisotopic (exact) mass is 534 g/mol. The van der Waals surface area contributed by atoms with Crippen molar-refractivity contribution in [3.63, 3.8) is 0 Å². The van der Waals surface area contributed by atoms with E-state index in [1.54, 1.807) is 16.8 Å². The van der Waals surface area contributed by atoms with Crippen LogP contribution in [0, 0.1) is 0 Å². The summed E-state index contributed by atoms with van der Waals surface area (Å²) in [4.78, 5) is 28.3. The van der Waals surface area contributed by atoms with Crippen LogP contribution in [-0.2, 0) is 12.6 Å². The van der Waals surface area contributed by atoms with Crippen LogP contribution < -0.4 is 15.5 Å². The normalized spacial score (nSPS) is 16.3. The number of nitrogens with zero attached hydrogens (tertiary/aromatic N) is 6. The molecule has 208 valence electrons. The number of anilines is 4. The van der Waals surface area contributed by atoms with E-state index in [-0.39, 0.29) is 24.3 Å². The molecule has 0 unspecified atom stereocenters. The van der Waals surface area contributed by atoms with Crippen molar-refractivity contribution in [1.29, 1.82) is 0 Å². The molecule has 0 atom stereocenters. The highest BCUT2D eigenvalue weighted by Gasteiger charge is 2.35. The summed E-state index contributed by atoms with van der Waals surface area (Å²) in [7, 11) is 3.82. The van der Waals surface area contributed by atoms with Crippen LogP contribution in [0.4, 0.5) is 41.1 Å². The molecule has 1 aromatic carbocycles. The zero-order valence-electron chi connectivity index (χ0n) is 22.3. The zero-order chi connectivity index (χ0) is 27.3. The van der Waals surface area contributed by atoms with Crippen molar-refractivity contribution in [2.45, 2.75) is 32.4 Å². The number of hydrogen-bond donors (Lipinski definition) is 2. The Morgan fingerprint density at radius 3 is 2.50 bits per heavy atom. The fraction of sp³-hybridized carbons (Fsp3) is 0.577. The smallest absolute Gasteiger partial charge is 0.369 e. The minimum atomic E-state index is -4.59. The van der Waals surface area contributed by atoms with E-state index in [0.717, 1.165) is 75.2 Å². The lowest BCUT2D eigenvalue weighted by Gasteiger charge is -2.34. The Bertz CT molecular complexity index is 1100. The summed E-state index contributed by atoms with van der Waals surface area (Å²) < 4.78 is 40.9.